The third-order valence-electron chi connectivity index (χ3n) is 2.76. The molecule has 0 unspecified atom stereocenters. The number of anilines is 1. The van der Waals surface area contributed by atoms with Crippen LogP contribution in [-0.4, -0.2) is 77.1 Å². The van der Waals surface area contributed by atoms with Crippen LogP contribution >= 0.6 is 11.3 Å². The van der Waals surface area contributed by atoms with Gasteiger partial charge in [0.25, 0.3) is 10.0 Å². The molecule has 0 aliphatic rings. The SMILES string of the molecule is CNC(=O)N(C)c1nnc(S(=O)(=O)N(C)CC(OC)OC)s1. The average Bonchev–Trinajstić information content (AvgIpc) is 3.01. The number of likely N-dealkylation sites (N-methyl/N-ethyl adjacent to an activating group) is 1. The molecular weight excluding hydrogens is 334 g/mol. The van der Waals surface area contributed by atoms with Crippen molar-refractivity contribution in [3.8, 4) is 0 Å². The van der Waals surface area contributed by atoms with Gasteiger partial charge in [-0.3, -0.25) is 4.90 Å². The molecule has 1 rings (SSSR count). The number of urea groups is 1. The molecule has 1 heterocycles. The zero-order chi connectivity index (χ0) is 16.9. The summed E-state index contributed by atoms with van der Waals surface area (Å²) in [5, 5.41) is 9.94. The highest BCUT2D eigenvalue weighted by atomic mass is 32.2. The number of hydrogen-bond acceptors (Lipinski definition) is 8. The first-order valence-corrected chi connectivity index (χ1v) is 8.34. The lowest BCUT2D eigenvalue weighted by atomic mass is 10.6. The van der Waals surface area contributed by atoms with Crippen molar-refractivity contribution in [3.05, 3.63) is 0 Å². The van der Waals surface area contributed by atoms with E-state index >= 15 is 0 Å². The van der Waals surface area contributed by atoms with Gasteiger partial charge in [-0.05, 0) is 0 Å². The molecule has 0 saturated heterocycles. The van der Waals surface area contributed by atoms with E-state index in [4.69, 9.17) is 9.47 Å². The predicted octanol–water partition coefficient (Wildman–Crippen LogP) is -0.447. The molecule has 1 aromatic rings. The molecule has 10 nitrogen and oxygen atoms in total. The monoisotopic (exact) mass is 353 g/mol. The lowest BCUT2D eigenvalue weighted by molar-refractivity contribution is -0.106. The minimum Gasteiger partial charge on any atom is -0.355 e. The van der Waals surface area contributed by atoms with Crippen molar-refractivity contribution < 1.29 is 22.7 Å². The Kier molecular flexibility index (Phi) is 6.62. The lowest BCUT2D eigenvalue weighted by Gasteiger charge is -2.20. The van der Waals surface area contributed by atoms with Gasteiger partial charge < -0.3 is 14.8 Å². The van der Waals surface area contributed by atoms with Gasteiger partial charge in [0.15, 0.2) is 6.29 Å². The second-order valence-corrected chi connectivity index (χ2v) is 7.33. The maximum atomic E-state index is 12.4. The number of amides is 2. The summed E-state index contributed by atoms with van der Waals surface area (Å²) in [5.41, 5.74) is 0. The zero-order valence-electron chi connectivity index (χ0n) is 12.9. The Balaban J connectivity index is 2.95. The van der Waals surface area contributed by atoms with Crippen LogP contribution in [0.25, 0.3) is 0 Å². The molecule has 0 radical (unpaired) electrons. The average molecular weight is 353 g/mol. The maximum absolute atomic E-state index is 12.4. The van der Waals surface area contributed by atoms with Crippen LogP contribution in [0.15, 0.2) is 4.34 Å². The van der Waals surface area contributed by atoms with Crippen molar-refractivity contribution in [3.63, 3.8) is 0 Å². The summed E-state index contributed by atoms with van der Waals surface area (Å²) >= 11 is 0.794. The normalized spacial score (nSPS) is 12.0. The van der Waals surface area contributed by atoms with Gasteiger partial charge in [-0.25, -0.2) is 13.2 Å². The highest BCUT2D eigenvalue weighted by Gasteiger charge is 2.29. The van der Waals surface area contributed by atoms with E-state index < -0.39 is 22.3 Å². The number of methoxy groups -OCH3 is 2. The van der Waals surface area contributed by atoms with Gasteiger partial charge in [0.1, 0.15) is 0 Å². The summed E-state index contributed by atoms with van der Waals surface area (Å²) in [6.07, 6.45) is -0.694. The lowest BCUT2D eigenvalue weighted by Crippen LogP contribution is -2.36. The Morgan fingerprint density at radius 3 is 2.41 bits per heavy atom. The highest BCUT2D eigenvalue weighted by molar-refractivity contribution is 7.91. The van der Waals surface area contributed by atoms with Crippen LogP contribution in [0, 0.1) is 0 Å². The maximum Gasteiger partial charge on any atom is 0.323 e. The van der Waals surface area contributed by atoms with Crippen molar-refractivity contribution in [2.45, 2.75) is 10.6 Å². The fourth-order valence-corrected chi connectivity index (χ4v) is 3.68. The van der Waals surface area contributed by atoms with Crippen molar-refractivity contribution in [2.75, 3.05) is 46.8 Å². The molecule has 0 bridgehead atoms. The standard InChI is InChI=1S/C10H19N5O5S2/c1-11-8(16)15(3)9-12-13-10(21-9)22(17,18)14(2)6-7(19-4)20-5/h7H,6H2,1-5H3,(H,11,16). The smallest absolute Gasteiger partial charge is 0.323 e. The van der Waals surface area contributed by atoms with Gasteiger partial charge in [-0.15, -0.1) is 10.2 Å². The molecule has 22 heavy (non-hydrogen) atoms. The van der Waals surface area contributed by atoms with Crippen molar-refractivity contribution in [1.82, 2.24) is 19.8 Å². The number of hydrogen-bond donors (Lipinski definition) is 1. The van der Waals surface area contributed by atoms with E-state index in [9.17, 15) is 13.2 Å². The second kappa shape index (κ2) is 7.78. The van der Waals surface area contributed by atoms with E-state index in [2.05, 4.69) is 15.5 Å². The van der Waals surface area contributed by atoms with Crippen LogP contribution in [0.2, 0.25) is 0 Å². The molecule has 1 N–H and O–H groups in total. The van der Waals surface area contributed by atoms with Crippen LogP contribution in [0.4, 0.5) is 9.93 Å². The number of sulfonamides is 1. The molecular formula is C10H19N5O5S2. The highest BCUT2D eigenvalue weighted by Crippen LogP contribution is 2.25. The molecule has 0 aromatic carbocycles. The molecule has 0 aliphatic heterocycles. The molecule has 0 atom stereocenters. The van der Waals surface area contributed by atoms with Crippen LogP contribution in [0.3, 0.4) is 0 Å². The predicted molar refractivity (Wildman–Crippen MR) is 80.4 cm³/mol. The van der Waals surface area contributed by atoms with E-state index in [0.717, 1.165) is 15.6 Å². The van der Waals surface area contributed by atoms with Gasteiger partial charge >= 0.3 is 6.03 Å². The first kappa shape index (κ1) is 18.7. The number of nitrogens with one attached hydrogen (secondary N) is 1. The summed E-state index contributed by atoms with van der Waals surface area (Å²) in [5.74, 6) is 0. The van der Waals surface area contributed by atoms with E-state index in [0.29, 0.717) is 0 Å². The van der Waals surface area contributed by atoms with Crippen LogP contribution in [0.1, 0.15) is 0 Å². The van der Waals surface area contributed by atoms with E-state index in [-0.39, 0.29) is 16.0 Å². The molecule has 0 saturated carbocycles. The van der Waals surface area contributed by atoms with Gasteiger partial charge in [0.2, 0.25) is 9.47 Å². The Morgan fingerprint density at radius 2 is 1.91 bits per heavy atom. The summed E-state index contributed by atoms with van der Waals surface area (Å²) in [4.78, 5) is 12.7. The van der Waals surface area contributed by atoms with Crippen molar-refractivity contribution >= 4 is 32.5 Å². The molecule has 0 spiro atoms. The fourth-order valence-electron chi connectivity index (χ4n) is 1.38. The largest absolute Gasteiger partial charge is 0.355 e. The topological polar surface area (TPSA) is 114 Å². The van der Waals surface area contributed by atoms with Crippen LogP contribution in [0.5, 0.6) is 0 Å². The second-order valence-electron chi connectivity index (χ2n) is 4.15. The summed E-state index contributed by atoms with van der Waals surface area (Å²) in [7, 11) is 3.29. The Labute approximate surface area is 133 Å². The first-order chi connectivity index (χ1) is 10.3. The van der Waals surface area contributed by atoms with Crippen molar-refractivity contribution in [1.29, 1.82) is 0 Å². The molecule has 12 heteroatoms. The minimum atomic E-state index is -3.84. The molecule has 0 aliphatic carbocycles. The number of ether oxygens (including phenoxy) is 2. The van der Waals surface area contributed by atoms with Gasteiger partial charge in [-0.1, -0.05) is 11.3 Å². The minimum absolute atomic E-state index is 0.00443. The Morgan fingerprint density at radius 1 is 1.32 bits per heavy atom. The third kappa shape index (κ3) is 4.10. The molecule has 2 amide bonds. The number of rotatable bonds is 7. The summed E-state index contributed by atoms with van der Waals surface area (Å²) in [6.45, 7) is -0.00443. The first-order valence-electron chi connectivity index (χ1n) is 6.08. The van der Waals surface area contributed by atoms with E-state index in [1.165, 1.54) is 40.3 Å². The summed E-state index contributed by atoms with van der Waals surface area (Å²) in [6, 6.07) is -0.424. The molecule has 126 valence electrons. The number of carbonyl (C=O) groups excluding carboxylic acids is 1. The Bertz CT molecular complexity index is 601. The molecule has 0 fully saturated rings. The van der Waals surface area contributed by atoms with Gasteiger partial charge in [-0.2, -0.15) is 4.31 Å². The number of carbonyl (C=O) groups is 1. The number of nitrogens with zero attached hydrogens (tertiary/aromatic N) is 4. The molecule has 1 aromatic heterocycles. The zero-order valence-corrected chi connectivity index (χ0v) is 14.6. The summed E-state index contributed by atoms with van der Waals surface area (Å²) < 4.78 is 35.5. The van der Waals surface area contributed by atoms with Crippen LogP contribution in [-0.2, 0) is 19.5 Å². The van der Waals surface area contributed by atoms with E-state index in [1.54, 1.807) is 0 Å². The fraction of sp³-hybridized carbons (Fsp3) is 0.700. The van der Waals surface area contributed by atoms with Crippen LogP contribution < -0.4 is 10.2 Å². The van der Waals surface area contributed by atoms with Gasteiger partial charge in [0.05, 0.1) is 6.54 Å². The van der Waals surface area contributed by atoms with Crippen molar-refractivity contribution in [2.24, 2.45) is 0 Å². The Hall–Kier alpha value is -1.34. The quantitative estimate of drug-likeness (QED) is 0.522. The van der Waals surface area contributed by atoms with E-state index in [1.807, 2.05) is 0 Å². The number of aromatic nitrogens is 2. The van der Waals surface area contributed by atoms with Gasteiger partial charge in [0, 0.05) is 35.4 Å². The third-order valence-corrected chi connectivity index (χ3v) is 5.93.